The van der Waals surface area contributed by atoms with Crippen LogP contribution in [-0.4, -0.2) is 29.8 Å². The van der Waals surface area contributed by atoms with Crippen LogP contribution < -0.4 is 16.0 Å². The van der Waals surface area contributed by atoms with Crippen molar-refractivity contribution in [2.45, 2.75) is 40.0 Å². The summed E-state index contributed by atoms with van der Waals surface area (Å²) in [5.74, 6) is 7.39. The fourth-order valence-electron chi connectivity index (χ4n) is 1.60. The summed E-state index contributed by atoms with van der Waals surface area (Å²) in [6.45, 7) is 7.83. The zero-order valence-corrected chi connectivity index (χ0v) is 12.0. The number of nitrogens with one attached hydrogen (secondary N) is 1. The SMILES string of the molecule is CCCOCCOc1nc(CCC)nc(NN)c1C. The van der Waals surface area contributed by atoms with Gasteiger partial charge in [-0.05, 0) is 19.8 Å². The van der Waals surface area contributed by atoms with Crippen LogP contribution in [0.1, 0.15) is 38.1 Å². The molecule has 0 aliphatic rings. The first-order valence-corrected chi connectivity index (χ1v) is 6.77. The molecule has 1 aromatic heterocycles. The highest BCUT2D eigenvalue weighted by atomic mass is 16.5. The van der Waals surface area contributed by atoms with Gasteiger partial charge >= 0.3 is 0 Å². The minimum absolute atomic E-state index is 0.480. The van der Waals surface area contributed by atoms with Gasteiger partial charge < -0.3 is 14.9 Å². The molecule has 0 unspecified atom stereocenters. The fraction of sp³-hybridized carbons (Fsp3) is 0.692. The van der Waals surface area contributed by atoms with Gasteiger partial charge in [-0.1, -0.05) is 13.8 Å². The molecule has 0 aliphatic carbocycles. The lowest BCUT2D eigenvalue weighted by atomic mass is 10.3. The van der Waals surface area contributed by atoms with Crippen molar-refractivity contribution in [3.63, 3.8) is 0 Å². The average Bonchev–Trinajstić information content (AvgIpc) is 2.41. The second-order valence-corrected chi connectivity index (χ2v) is 4.27. The molecular weight excluding hydrogens is 244 g/mol. The van der Waals surface area contributed by atoms with Crippen LogP contribution in [0.2, 0.25) is 0 Å². The number of hydrazine groups is 1. The third-order valence-electron chi connectivity index (χ3n) is 2.57. The predicted molar refractivity (Wildman–Crippen MR) is 75.2 cm³/mol. The molecule has 0 atom stereocenters. The van der Waals surface area contributed by atoms with E-state index in [4.69, 9.17) is 15.3 Å². The third kappa shape index (κ3) is 5.00. The van der Waals surface area contributed by atoms with Gasteiger partial charge in [0.25, 0.3) is 0 Å². The molecule has 19 heavy (non-hydrogen) atoms. The van der Waals surface area contributed by atoms with Crippen LogP contribution in [-0.2, 0) is 11.2 Å². The average molecular weight is 268 g/mol. The standard InChI is InChI=1S/C13H24N4O2/c1-4-6-11-15-12(17-14)10(3)13(16-11)19-9-8-18-7-5-2/h4-9,14H2,1-3H3,(H,15,16,17). The lowest BCUT2D eigenvalue weighted by molar-refractivity contribution is 0.0986. The summed E-state index contributed by atoms with van der Waals surface area (Å²) in [5.41, 5.74) is 3.40. The van der Waals surface area contributed by atoms with Crippen molar-refractivity contribution in [2.24, 2.45) is 5.84 Å². The maximum Gasteiger partial charge on any atom is 0.221 e. The Labute approximate surface area is 114 Å². The van der Waals surface area contributed by atoms with Gasteiger partial charge in [0.15, 0.2) is 0 Å². The van der Waals surface area contributed by atoms with Gasteiger partial charge in [-0.3, -0.25) is 0 Å². The highest BCUT2D eigenvalue weighted by molar-refractivity contribution is 5.47. The van der Waals surface area contributed by atoms with Crippen molar-refractivity contribution >= 4 is 5.82 Å². The first kappa shape index (κ1) is 15.7. The van der Waals surface area contributed by atoms with Gasteiger partial charge in [0.05, 0.1) is 12.2 Å². The first-order valence-electron chi connectivity index (χ1n) is 6.77. The van der Waals surface area contributed by atoms with Crippen molar-refractivity contribution in [1.82, 2.24) is 9.97 Å². The molecule has 0 spiro atoms. The van der Waals surface area contributed by atoms with Crippen LogP contribution in [0.25, 0.3) is 0 Å². The number of rotatable bonds is 9. The van der Waals surface area contributed by atoms with Crippen molar-refractivity contribution < 1.29 is 9.47 Å². The molecule has 6 nitrogen and oxygen atoms in total. The molecule has 0 bridgehead atoms. The van der Waals surface area contributed by atoms with Crippen LogP contribution in [0.3, 0.4) is 0 Å². The molecule has 1 heterocycles. The summed E-state index contributed by atoms with van der Waals surface area (Å²) in [5, 5.41) is 0. The Balaban J connectivity index is 2.66. The van der Waals surface area contributed by atoms with Crippen LogP contribution in [0.4, 0.5) is 5.82 Å². The summed E-state index contributed by atoms with van der Waals surface area (Å²) in [4.78, 5) is 8.74. The van der Waals surface area contributed by atoms with Crippen molar-refractivity contribution in [3.05, 3.63) is 11.4 Å². The van der Waals surface area contributed by atoms with E-state index in [0.29, 0.717) is 24.9 Å². The highest BCUT2D eigenvalue weighted by Gasteiger charge is 2.11. The number of hydrogen-bond donors (Lipinski definition) is 2. The van der Waals surface area contributed by atoms with Gasteiger partial charge in [-0.15, -0.1) is 0 Å². The molecule has 0 amide bonds. The number of anilines is 1. The zero-order valence-electron chi connectivity index (χ0n) is 12.0. The van der Waals surface area contributed by atoms with Gasteiger partial charge in [-0.2, -0.15) is 4.98 Å². The number of nitrogen functional groups attached to an aromatic ring is 1. The van der Waals surface area contributed by atoms with Crippen molar-refractivity contribution in [1.29, 1.82) is 0 Å². The summed E-state index contributed by atoms with van der Waals surface area (Å²) in [7, 11) is 0. The van der Waals surface area contributed by atoms with E-state index in [1.54, 1.807) is 0 Å². The normalized spacial score (nSPS) is 10.5. The van der Waals surface area contributed by atoms with E-state index in [-0.39, 0.29) is 0 Å². The Kier molecular flexibility index (Phi) is 7.14. The van der Waals surface area contributed by atoms with Gasteiger partial charge in [0.2, 0.25) is 5.88 Å². The fourth-order valence-corrected chi connectivity index (χ4v) is 1.60. The Morgan fingerprint density at radius 3 is 2.53 bits per heavy atom. The van der Waals surface area contributed by atoms with E-state index in [9.17, 15) is 0 Å². The van der Waals surface area contributed by atoms with Crippen LogP contribution >= 0.6 is 0 Å². The molecule has 3 N–H and O–H groups in total. The predicted octanol–water partition coefficient (Wildman–Crippen LogP) is 1.83. The molecule has 0 fully saturated rings. The first-order chi connectivity index (χ1) is 9.22. The van der Waals surface area contributed by atoms with E-state index < -0.39 is 0 Å². The number of aryl methyl sites for hydroxylation is 1. The molecule has 1 rings (SSSR count). The number of nitrogens with two attached hydrogens (primary N) is 1. The Morgan fingerprint density at radius 1 is 1.11 bits per heavy atom. The molecule has 108 valence electrons. The van der Waals surface area contributed by atoms with Crippen LogP contribution in [0, 0.1) is 6.92 Å². The summed E-state index contributed by atoms with van der Waals surface area (Å²) < 4.78 is 11.0. The molecule has 1 aromatic rings. The second-order valence-electron chi connectivity index (χ2n) is 4.27. The summed E-state index contributed by atoms with van der Waals surface area (Å²) in [6.07, 6.45) is 2.79. The molecule has 6 heteroatoms. The quantitative estimate of drug-likeness (QED) is 0.404. The van der Waals surface area contributed by atoms with E-state index in [2.05, 4.69) is 29.2 Å². The molecular formula is C13H24N4O2. The van der Waals surface area contributed by atoms with E-state index in [1.165, 1.54) is 0 Å². The Hall–Kier alpha value is -1.40. The van der Waals surface area contributed by atoms with Crippen LogP contribution in [0.15, 0.2) is 0 Å². The summed E-state index contributed by atoms with van der Waals surface area (Å²) in [6, 6.07) is 0. The largest absolute Gasteiger partial charge is 0.475 e. The van der Waals surface area contributed by atoms with Gasteiger partial charge in [0, 0.05) is 13.0 Å². The number of hydrogen-bond acceptors (Lipinski definition) is 6. The minimum Gasteiger partial charge on any atom is -0.475 e. The Morgan fingerprint density at radius 2 is 1.89 bits per heavy atom. The Bertz CT molecular complexity index is 385. The van der Waals surface area contributed by atoms with E-state index in [0.717, 1.165) is 37.3 Å². The maximum absolute atomic E-state index is 5.64. The lowest BCUT2D eigenvalue weighted by Gasteiger charge is -2.12. The second kappa shape index (κ2) is 8.66. The van der Waals surface area contributed by atoms with Gasteiger partial charge in [0.1, 0.15) is 18.2 Å². The number of aromatic nitrogens is 2. The molecule has 0 aliphatic heterocycles. The zero-order chi connectivity index (χ0) is 14.1. The van der Waals surface area contributed by atoms with E-state index >= 15 is 0 Å². The molecule has 0 saturated carbocycles. The number of ether oxygens (including phenoxy) is 2. The third-order valence-corrected chi connectivity index (χ3v) is 2.57. The monoisotopic (exact) mass is 268 g/mol. The lowest BCUT2D eigenvalue weighted by Crippen LogP contribution is -2.15. The van der Waals surface area contributed by atoms with E-state index in [1.807, 2.05) is 6.92 Å². The summed E-state index contributed by atoms with van der Waals surface area (Å²) >= 11 is 0. The molecule has 0 saturated heterocycles. The smallest absolute Gasteiger partial charge is 0.221 e. The molecule has 0 aromatic carbocycles. The molecule has 0 radical (unpaired) electrons. The van der Waals surface area contributed by atoms with Crippen LogP contribution in [0.5, 0.6) is 5.88 Å². The highest BCUT2D eigenvalue weighted by Crippen LogP contribution is 2.21. The topological polar surface area (TPSA) is 82.3 Å². The number of nitrogens with zero attached hydrogens (tertiary/aromatic N) is 2. The maximum atomic E-state index is 5.64. The minimum atomic E-state index is 0.480. The van der Waals surface area contributed by atoms with Crippen molar-refractivity contribution in [2.75, 3.05) is 25.2 Å². The van der Waals surface area contributed by atoms with Crippen molar-refractivity contribution in [3.8, 4) is 5.88 Å². The van der Waals surface area contributed by atoms with Gasteiger partial charge in [-0.25, -0.2) is 10.8 Å².